The third kappa shape index (κ3) is 64.3. The van der Waals surface area contributed by atoms with Gasteiger partial charge < -0.3 is 14.2 Å². The zero-order valence-corrected chi connectivity index (χ0v) is 52.0. The molecule has 1 atom stereocenters. The molecule has 77 heavy (non-hydrogen) atoms. The summed E-state index contributed by atoms with van der Waals surface area (Å²) in [5.74, 6) is -0.853. The molecule has 0 fully saturated rings. The molecular formula is C71H132O6. The van der Waals surface area contributed by atoms with Crippen molar-refractivity contribution in [2.75, 3.05) is 13.2 Å². The third-order valence-electron chi connectivity index (χ3n) is 15.6. The molecule has 6 heteroatoms. The number of allylic oxidation sites excluding steroid dienone is 6. The third-order valence-corrected chi connectivity index (χ3v) is 15.6. The summed E-state index contributed by atoms with van der Waals surface area (Å²) in [6.45, 7) is 6.65. The molecule has 0 aromatic carbocycles. The predicted octanol–water partition coefficient (Wildman–Crippen LogP) is 23.6. The molecule has 0 bridgehead atoms. The van der Waals surface area contributed by atoms with E-state index in [2.05, 4.69) is 57.2 Å². The maximum absolute atomic E-state index is 12.9. The van der Waals surface area contributed by atoms with Crippen LogP contribution >= 0.6 is 0 Å². The highest BCUT2D eigenvalue weighted by Gasteiger charge is 2.19. The zero-order chi connectivity index (χ0) is 55.7. The summed E-state index contributed by atoms with van der Waals surface area (Å²) in [6, 6.07) is 0. The first-order valence-corrected chi connectivity index (χ1v) is 34.5. The highest BCUT2D eigenvalue weighted by molar-refractivity contribution is 5.71. The maximum atomic E-state index is 12.9. The van der Waals surface area contributed by atoms with E-state index in [0.717, 1.165) is 70.6 Å². The minimum Gasteiger partial charge on any atom is -0.462 e. The summed E-state index contributed by atoms with van der Waals surface area (Å²) in [5.41, 5.74) is 0. The monoisotopic (exact) mass is 1080 g/mol. The van der Waals surface area contributed by atoms with E-state index in [1.165, 1.54) is 270 Å². The molecule has 6 nitrogen and oxygen atoms in total. The van der Waals surface area contributed by atoms with E-state index in [0.29, 0.717) is 19.3 Å². The van der Waals surface area contributed by atoms with E-state index in [1.807, 2.05) is 0 Å². The second-order valence-corrected chi connectivity index (χ2v) is 23.4. The highest BCUT2D eigenvalue weighted by atomic mass is 16.6. The summed E-state index contributed by atoms with van der Waals surface area (Å²) in [5, 5.41) is 0. The fourth-order valence-electron chi connectivity index (χ4n) is 10.4. The van der Waals surface area contributed by atoms with Crippen LogP contribution in [0.25, 0.3) is 0 Å². The van der Waals surface area contributed by atoms with Crippen LogP contribution in [0.1, 0.15) is 380 Å². The lowest BCUT2D eigenvalue weighted by molar-refractivity contribution is -0.167. The van der Waals surface area contributed by atoms with Crippen LogP contribution < -0.4 is 0 Å². The Bertz CT molecular complexity index is 1290. The molecule has 0 radical (unpaired) electrons. The van der Waals surface area contributed by atoms with Crippen molar-refractivity contribution in [3.63, 3.8) is 0 Å². The van der Waals surface area contributed by atoms with Crippen LogP contribution in [0.15, 0.2) is 36.5 Å². The fraction of sp³-hybridized carbons (Fsp3) is 0.873. The van der Waals surface area contributed by atoms with E-state index >= 15 is 0 Å². The first kappa shape index (κ1) is 74.6. The Morgan fingerprint density at radius 2 is 0.481 bits per heavy atom. The van der Waals surface area contributed by atoms with Crippen LogP contribution in [0.4, 0.5) is 0 Å². The van der Waals surface area contributed by atoms with Crippen molar-refractivity contribution in [3.8, 4) is 0 Å². The maximum Gasteiger partial charge on any atom is 0.306 e. The van der Waals surface area contributed by atoms with Gasteiger partial charge in [-0.3, -0.25) is 14.4 Å². The number of carbonyl (C=O) groups is 3. The second kappa shape index (κ2) is 66.1. The summed E-state index contributed by atoms with van der Waals surface area (Å²) >= 11 is 0. The minimum absolute atomic E-state index is 0.0697. The number of esters is 3. The van der Waals surface area contributed by atoms with Gasteiger partial charge in [0.05, 0.1) is 0 Å². The smallest absolute Gasteiger partial charge is 0.306 e. The largest absolute Gasteiger partial charge is 0.462 e. The molecule has 0 saturated heterocycles. The van der Waals surface area contributed by atoms with Gasteiger partial charge in [0.1, 0.15) is 13.2 Å². The molecule has 0 amide bonds. The lowest BCUT2D eigenvalue weighted by Gasteiger charge is -2.18. The van der Waals surface area contributed by atoms with Gasteiger partial charge in [0.15, 0.2) is 6.10 Å². The van der Waals surface area contributed by atoms with Crippen LogP contribution in [-0.4, -0.2) is 37.2 Å². The van der Waals surface area contributed by atoms with Gasteiger partial charge in [0, 0.05) is 19.3 Å². The van der Waals surface area contributed by atoms with E-state index in [-0.39, 0.29) is 31.1 Å². The SMILES string of the molecule is CCCC/C=C\CCCCCCCC(=O)OCC(COC(=O)CCCCCCCCCCCCCCCCC/C=C\C/C=C\CCCCCCC)OC(=O)CCCCCCCCCCCCCCCCCCCCCCC. The van der Waals surface area contributed by atoms with Crippen LogP contribution in [0, 0.1) is 0 Å². The molecule has 452 valence electrons. The van der Waals surface area contributed by atoms with Crippen molar-refractivity contribution >= 4 is 17.9 Å². The van der Waals surface area contributed by atoms with Crippen molar-refractivity contribution in [3.05, 3.63) is 36.5 Å². The average molecular weight is 1080 g/mol. The summed E-state index contributed by atoms with van der Waals surface area (Å²) in [7, 11) is 0. The van der Waals surface area contributed by atoms with Gasteiger partial charge in [-0.15, -0.1) is 0 Å². The Kier molecular flexibility index (Phi) is 64.1. The summed E-state index contributed by atoms with van der Waals surface area (Å²) in [6.07, 6.45) is 81.8. The van der Waals surface area contributed by atoms with Crippen LogP contribution in [0.5, 0.6) is 0 Å². The second-order valence-electron chi connectivity index (χ2n) is 23.4. The standard InChI is InChI=1S/C71H132O6/c1-4-7-10-13-16-19-22-24-26-28-30-32-33-34-35-36-37-39-40-42-44-46-49-52-55-58-61-64-70(73)76-67-68(66-75-69(72)63-60-57-54-51-48-21-18-15-12-9-6-3)77-71(74)65-62-59-56-53-50-47-45-43-41-38-31-29-27-25-23-20-17-14-11-8-5-2/h15,18,22,24,28,30,68H,4-14,16-17,19-21,23,25-27,29,31-67H2,1-3H3/b18-15-,24-22-,30-28-. The van der Waals surface area contributed by atoms with E-state index < -0.39 is 6.10 Å². The number of rotatable bonds is 64. The normalized spacial score (nSPS) is 12.2. The van der Waals surface area contributed by atoms with Crippen molar-refractivity contribution in [1.82, 2.24) is 0 Å². The molecule has 0 saturated carbocycles. The van der Waals surface area contributed by atoms with Gasteiger partial charge in [-0.25, -0.2) is 0 Å². The van der Waals surface area contributed by atoms with E-state index in [1.54, 1.807) is 0 Å². The van der Waals surface area contributed by atoms with Crippen LogP contribution in [0.2, 0.25) is 0 Å². The molecule has 1 unspecified atom stereocenters. The van der Waals surface area contributed by atoms with Crippen molar-refractivity contribution < 1.29 is 28.6 Å². The Morgan fingerprint density at radius 1 is 0.260 bits per heavy atom. The summed E-state index contributed by atoms with van der Waals surface area (Å²) in [4.78, 5) is 38.3. The number of carbonyl (C=O) groups excluding carboxylic acids is 3. The molecule has 0 N–H and O–H groups in total. The van der Waals surface area contributed by atoms with Gasteiger partial charge in [-0.1, -0.05) is 327 Å². The Morgan fingerprint density at radius 3 is 0.766 bits per heavy atom. The van der Waals surface area contributed by atoms with Gasteiger partial charge in [-0.05, 0) is 70.6 Å². The fourth-order valence-corrected chi connectivity index (χ4v) is 10.4. The van der Waals surface area contributed by atoms with Crippen molar-refractivity contribution in [2.24, 2.45) is 0 Å². The number of hydrogen-bond acceptors (Lipinski definition) is 6. The molecule has 0 aliphatic rings. The van der Waals surface area contributed by atoms with Gasteiger partial charge in [0.25, 0.3) is 0 Å². The topological polar surface area (TPSA) is 78.9 Å². The van der Waals surface area contributed by atoms with E-state index in [4.69, 9.17) is 14.2 Å². The predicted molar refractivity (Wildman–Crippen MR) is 335 cm³/mol. The molecular weight excluding hydrogens is 949 g/mol. The zero-order valence-electron chi connectivity index (χ0n) is 52.0. The number of ether oxygens (including phenoxy) is 3. The molecule has 0 aliphatic carbocycles. The minimum atomic E-state index is -0.773. The van der Waals surface area contributed by atoms with E-state index in [9.17, 15) is 14.4 Å². The first-order valence-electron chi connectivity index (χ1n) is 34.5. The van der Waals surface area contributed by atoms with Crippen LogP contribution in [-0.2, 0) is 28.6 Å². The van der Waals surface area contributed by atoms with Gasteiger partial charge >= 0.3 is 17.9 Å². The number of unbranched alkanes of at least 4 members (excludes halogenated alkanes) is 47. The average Bonchev–Trinajstić information content (AvgIpc) is 3.43. The Balaban J connectivity index is 4.17. The Labute approximate surface area is 480 Å². The highest BCUT2D eigenvalue weighted by Crippen LogP contribution is 2.18. The molecule has 0 aliphatic heterocycles. The molecule has 0 heterocycles. The Hall–Kier alpha value is -2.37. The quantitative estimate of drug-likeness (QED) is 0.0261. The van der Waals surface area contributed by atoms with Gasteiger partial charge in [-0.2, -0.15) is 0 Å². The molecule has 0 aromatic rings. The van der Waals surface area contributed by atoms with Crippen molar-refractivity contribution in [2.45, 2.75) is 386 Å². The van der Waals surface area contributed by atoms with Gasteiger partial charge in [0.2, 0.25) is 0 Å². The number of hydrogen-bond donors (Lipinski definition) is 0. The molecule has 0 spiro atoms. The van der Waals surface area contributed by atoms with Crippen molar-refractivity contribution in [1.29, 1.82) is 0 Å². The molecule has 0 rings (SSSR count). The first-order chi connectivity index (χ1) is 38.0. The summed E-state index contributed by atoms with van der Waals surface area (Å²) < 4.78 is 16.9. The molecule has 0 aromatic heterocycles. The lowest BCUT2D eigenvalue weighted by atomic mass is 10.0. The lowest BCUT2D eigenvalue weighted by Crippen LogP contribution is -2.30. The van der Waals surface area contributed by atoms with Crippen LogP contribution in [0.3, 0.4) is 0 Å².